The molecule has 8 heteroatoms. The van der Waals surface area contributed by atoms with Crippen LogP contribution in [-0.4, -0.2) is 28.5 Å². The number of carbonyl (C=O) groups is 3. The Kier molecular flexibility index (Phi) is 7.73. The molecule has 1 aliphatic heterocycles. The van der Waals surface area contributed by atoms with Crippen molar-refractivity contribution in [2.24, 2.45) is 0 Å². The van der Waals surface area contributed by atoms with Crippen LogP contribution in [0.3, 0.4) is 0 Å². The summed E-state index contributed by atoms with van der Waals surface area (Å²) in [6, 6.07) is 20.8. The molecular weight excluding hydrogens is 528 g/mol. The van der Waals surface area contributed by atoms with Gasteiger partial charge >= 0.3 is 0 Å². The summed E-state index contributed by atoms with van der Waals surface area (Å²) in [5.74, 6) is -0.369. The van der Waals surface area contributed by atoms with Gasteiger partial charge in [0.1, 0.15) is 18.9 Å². The molecule has 1 fully saturated rings. The predicted octanol–water partition coefficient (Wildman–Crippen LogP) is 6.32. The molecule has 0 spiro atoms. The largest absolute Gasteiger partial charge is 0.488 e. The number of halogens is 1. The third-order valence-corrected chi connectivity index (χ3v) is 6.61. The Morgan fingerprint density at radius 3 is 2.51 bits per heavy atom. The van der Waals surface area contributed by atoms with Gasteiger partial charge in [-0.25, -0.2) is 0 Å². The van der Waals surface area contributed by atoms with Crippen molar-refractivity contribution in [3.8, 4) is 5.75 Å². The summed E-state index contributed by atoms with van der Waals surface area (Å²) in [5.41, 5.74) is 4.43. The molecule has 1 saturated heterocycles. The fourth-order valence-electron chi connectivity index (χ4n) is 3.57. The van der Waals surface area contributed by atoms with Gasteiger partial charge in [0.05, 0.1) is 4.91 Å². The summed E-state index contributed by atoms with van der Waals surface area (Å²) in [5, 5.41) is 2.24. The van der Waals surface area contributed by atoms with Crippen LogP contribution in [0.2, 0.25) is 0 Å². The number of ether oxygens (including phenoxy) is 1. The van der Waals surface area contributed by atoms with Gasteiger partial charge in [-0.2, -0.15) is 0 Å². The standard InChI is InChI=1S/C27H23BrN2O4S/c1-17-5-3-7-19(11-17)16-34-23-10-9-21(28)13-20(23)14-24-26(32)30(27(33)35-24)15-25(31)29-22-8-4-6-18(2)12-22/h3-14H,15-16H2,1-2H3,(H,29,31)/b24-14-. The number of rotatable bonds is 7. The van der Waals surface area contributed by atoms with Crippen LogP contribution in [0.25, 0.3) is 6.08 Å². The van der Waals surface area contributed by atoms with Crippen LogP contribution in [0.1, 0.15) is 22.3 Å². The van der Waals surface area contributed by atoms with E-state index in [1.165, 1.54) is 0 Å². The second kappa shape index (κ2) is 10.9. The molecule has 6 nitrogen and oxygen atoms in total. The van der Waals surface area contributed by atoms with Crippen molar-refractivity contribution in [1.82, 2.24) is 4.90 Å². The molecule has 35 heavy (non-hydrogen) atoms. The van der Waals surface area contributed by atoms with Gasteiger partial charge in [0.25, 0.3) is 11.1 Å². The van der Waals surface area contributed by atoms with Crippen molar-refractivity contribution < 1.29 is 19.1 Å². The number of nitrogens with zero attached hydrogens (tertiary/aromatic N) is 1. The zero-order valence-corrected chi connectivity index (χ0v) is 21.6. The molecule has 1 N–H and O–H groups in total. The minimum Gasteiger partial charge on any atom is -0.488 e. The van der Waals surface area contributed by atoms with E-state index in [0.717, 1.165) is 37.8 Å². The maximum Gasteiger partial charge on any atom is 0.294 e. The Labute approximate surface area is 216 Å². The van der Waals surface area contributed by atoms with Crippen LogP contribution >= 0.6 is 27.7 Å². The average molecular weight is 551 g/mol. The van der Waals surface area contributed by atoms with Crippen LogP contribution in [0.5, 0.6) is 5.75 Å². The SMILES string of the molecule is Cc1cccc(COc2ccc(Br)cc2/C=C2\SC(=O)N(CC(=O)Nc3cccc(C)c3)C2=O)c1. The quantitative estimate of drug-likeness (QED) is 0.348. The molecule has 1 aliphatic rings. The van der Waals surface area contributed by atoms with Crippen molar-refractivity contribution in [3.05, 3.63) is 98.4 Å². The number of anilines is 1. The van der Waals surface area contributed by atoms with Crippen molar-refractivity contribution in [2.45, 2.75) is 20.5 Å². The first-order valence-corrected chi connectivity index (χ1v) is 12.5. The second-order valence-electron chi connectivity index (χ2n) is 8.15. The summed E-state index contributed by atoms with van der Waals surface area (Å²) in [7, 11) is 0. The number of imide groups is 1. The normalized spacial score (nSPS) is 14.5. The maximum atomic E-state index is 13.0. The molecule has 0 aliphatic carbocycles. The van der Waals surface area contributed by atoms with E-state index in [9.17, 15) is 14.4 Å². The molecule has 3 amide bonds. The Balaban J connectivity index is 1.48. The lowest BCUT2D eigenvalue weighted by Gasteiger charge is -2.13. The predicted molar refractivity (Wildman–Crippen MR) is 142 cm³/mol. The molecule has 3 aromatic carbocycles. The van der Waals surface area contributed by atoms with Gasteiger partial charge in [0, 0.05) is 15.7 Å². The molecule has 0 bridgehead atoms. The van der Waals surface area contributed by atoms with Gasteiger partial charge in [0.2, 0.25) is 5.91 Å². The Bertz CT molecular complexity index is 1340. The number of carbonyl (C=O) groups excluding carboxylic acids is 3. The summed E-state index contributed by atoms with van der Waals surface area (Å²) in [6.07, 6.45) is 1.62. The third kappa shape index (κ3) is 6.41. The van der Waals surface area contributed by atoms with Crippen molar-refractivity contribution >= 4 is 56.5 Å². The smallest absolute Gasteiger partial charge is 0.294 e. The molecule has 4 rings (SSSR count). The Morgan fingerprint density at radius 2 is 1.77 bits per heavy atom. The molecular formula is C27H23BrN2O4S. The number of benzene rings is 3. The first-order chi connectivity index (χ1) is 16.8. The fraction of sp³-hybridized carbons (Fsp3) is 0.148. The average Bonchev–Trinajstić information content (AvgIpc) is 3.06. The third-order valence-electron chi connectivity index (χ3n) is 5.21. The van der Waals surface area contributed by atoms with Crippen molar-refractivity contribution in [2.75, 3.05) is 11.9 Å². The first-order valence-electron chi connectivity index (χ1n) is 10.9. The number of thioether (sulfide) groups is 1. The second-order valence-corrected chi connectivity index (χ2v) is 10.1. The van der Waals surface area contributed by atoms with Gasteiger partial charge in [-0.05, 0) is 73.1 Å². The topological polar surface area (TPSA) is 75.7 Å². The molecule has 0 radical (unpaired) electrons. The van der Waals surface area contributed by atoms with Gasteiger partial charge in [0.15, 0.2) is 0 Å². The lowest BCUT2D eigenvalue weighted by atomic mass is 10.1. The highest BCUT2D eigenvalue weighted by atomic mass is 79.9. The van der Waals surface area contributed by atoms with E-state index in [2.05, 4.69) is 21.2 Å². The van der Waals surface area contributed by atoms with Crippen LogP contribution in [0.15, 0.2) is 76.1 Å². The first kappa shape index (κ1) is 24.8. The number of amides is 3. The minimum atomic E-state index is -0.510. The van der Waals surface area contributed by atoms with Gasteiger partial charge in [-0.15, -0.1) is 0 Å². The molecule has 0 atom stereocenters. The molecule has 178 valence electrons. The highest BCUT2D eigenvalue weighted by molar-refractivity contribution is 9.10. The van der Waals surface area contributed by atoms with E-state index in [0.29, 0.717) is 23.6 Å². The molecule has 0 saturated carbocycles. The maximum absolute atomic E-state index is 13.0. The van der Waals surface area contributed by atoms with Gasteiger partial charge in [-0.1, -0.05) is 57.9 Å². The lowest BCUT2D eigenvalue weighted by molar-refractivity contribution is -0.127. The summed E-state index contributed by atoms with van der Waals surface area (Å²) >= 11 is 4.26. The van der Waals surface area contributed by atoms with Crippen molar-refractivity contribution in [3.63, 3.8) is 0 Å². The van der Waals surface area contributed by atoms with E-state index in [4.69, 9.17) is 4.74 Å². The molecule has 1 heterocycles. The molecule has 0 unspecified atom stereocenters. The van der Waals surface area contributed by atoms with E-state index in [1.807, 2.05) is 74.5 Å². The van der Waals surface area contributed by atoms with E-state index in [-0.39, 0.29) is 11.4 Å². The van der Waals surface area contributed by atoms with E-state index < -0.39 is 17.1 Å². The molecule has 0 aromatic heterocycles. The Hall–Kier alpha value is -3.36. The van der Waals surface area contributed by atoms with Crippen molar-refractivity contribution in [1.29, 1.82) is 0 Å². The monoisotopic (exact) mass is 550 g/mol. The van der Waals surface area contributed by atoms with Gasteiger partial charge < -0.3 is 10.1 Å². The highest BCUT2D eigenvalue weighted by Crippen LogP contribution is 2.35. The number of nitrogens with one attached hydrogen (secondary N) is 1. The minimum absolute atomic E-state index is 0.233. The van der Waals surface area contributed by atoms with E-state index in [1.54, 1.807) is 12.1 Å². The summed E-state index contributed by atoms with van der Waals surface area (Å²) < 4.78 is 6.83. The Morgan fingerprint density at radius 1 is 1.03 bits per heavy atom. The summed E-state index contributed by atoms with van der Waals surface area (Å²) in [6.45, 7) is 3.94. The van der Waals surface area contributed by atoms with Crippen LogP contribution in [0.4, 0.5) is 10.5 Å². The van der Waals surface area contributed by atoms with Gasteiger partial charge in [-0.3, -0.25) is 19.3 Å². The highest BCUT2D eigenvalue weighted by Gasteiger charge is 2.36. The number of hydrogen-bond acceptors (Lipinski definition) is 5. The lowest BCUT2D eigenvalue weighted by Crippen LogP contribution is -2.36. The fourth-order valence-corrected chi connectivity index (χ4v) is 4.78. The molecule has 3 aromatic rings. The zero-order chi connectivity index (χ0) is 24.9. The van der Waals surface area contributed by atoms with Crippen LogP contribution < -0.4 is 10.1 Å². The van der Waals surface area contributed by atoms with E-state index >= 15 is 0 Å². The summed E-state index contributed by atoms with van der Waals surface area (Å²) in [4.78, 5) is 39.1. The number of aryl methyl sites for hydroxylation is 2. The number of hydrogen-bond donors (Lipinski definition) is 1. The zero-order valence-electron chi connectivity index (χ0n) is 19.2. The van der Waals surface area contributed by atoms with Crippen LogP contribution in [0, 0.1) is 13.8 Å². The van der Waals surface area contributed by atoms with Crippen LogP contribution in [-0.2, 0) is 16.2 Å².